The first-order valence-corrected chi connectivity index (χ1v) is 12.8. The first-order chi connectivity index (χ1) is 13.7. The largest absolute Gasteiger partial charge is 0.474 e. The molecule has 1 aromatic rings. The van der Waals surface area contributed by atoms with E-state index in [2.05, 4.69) is 45.9 Å². The van der Waals surface area contributed by atoms with Crippen molar-refractivity contribution < 1.29 is 18.1 Å². The monoisotopic (exact) mass is 422 g/mol. The van der Waals surface area contributed by atoms with Gasteiger partial charge in [-0.25, -0.2) is 4.57 Å². The quantitative estimate of drug-likeness (QED) is 0.422. The fraction of sp³-hybridized carbons (Fsp3) is 0.750. The van der Waals surface area contributed by atoms with Gasteiger partial charge < -0.3 is 0 Å². The Kier molecular flexibility index (Phi) is 7.00. The average molecular weight is 423 g/mol. The van der Waals surface area contributed by atoms with Crippen LogP contribution in [-0.2, 0) is 30.0 Å². The molecule has 0 radical (unpaired) electrons. The lowest BCUT2D eigenvalue weighted by atomic mass is 9.50. The molecule has 0 N–H and O–H groups in total. The summed E-state index contributed by atoms with van der Waals surface area (Å²) in [7, 11) is -3.48. The van der Waals surface area contributed by atoms with Crippen molar-refractivity contribution in [2.24, 2.45) is 11.3 Å². The third-order valence-corrected chi connectivity index (χ3v) is 8.89. The van der Waals surface area contributed by atoms with Crippen LogP contribution in [0.5, 0.6) is 0 Å². The smallest absolute Gasteiger partial charge is 0.287 e. The fourth-order valence-electron chi connectivity index (χ4n) is 5.83. The van der Waals surface area contributed by atoms with Crippen molar-refractivity contribution in [3.05, 3.63) is 34.9 Å². The summed E-state index contributed by atoms with van der Waals surface area (Å²) >= 11 is 0. The van der Waals surface area contributed by atoms with E-state index < -0.39 is 7.82 Å². The van der Waals surface area contributed by atoms with Crippen LogP contribution in [0.3, 0.4) is 0 Å². The number of benzene rings is 1. The maximum absolute atomic E-state index is 12.9. The minimum atomic E-state index is -3.48. The Morgan fingerprint density at radius 3 is 2.41 bits per heavy atom. The lowest BCUT2D eigenvalue weighted by Gasteiger charge is -2.55. The third kappa shape index (κ3) is 4.51. The Labute approximate surface area is 177 Å². The van der Waals surface area contributed by atoms with E-state index in [0.29, 0.717) is 31.7 Å². The van der Waals surface area contributed by atoms with E-state index in [9.17, 15) is 4.57 Å². The predicted molar refractivity (Wildman–Crippen MR) is 118 cm³/mol. The summed E-state index contributed by atoms with van der Waals surface area (Å²) < 4.78 is 29.5. The average Bonchev–Trinajstić information content (AvgIpc) is 2.66. The summed E-state index contributed by atoms with van der Waals surface area (Å²) in [6.45, 7) is 14.0. The molecule has 0 spiro atoms. The zero-order chi connectivity index (χ0) is 21.3. The minimum absolute atomic E-state index is 0.0364. The summed E-state index contributed by atoms with van der Waals surface area (Å²) in [5, 5.41) is 0. The fourth-order valence-corrected chi connectivity index (χ4v) is 7.14. The van der Waals surface area contributed by atoms with E-state index in [1.54, 1.807) is 0 Å². The van der Waals surface area contributed by atoms with Crippen molar-refractivity contribution in [1.29, 1.82) is 0 Å². The standard InChI is InChI=1S/C24H39O4P/c1-7-26-29(25,27-8-2)28-17-23(5)14-9-15-24(6)21-12-10-19(18(3)4)16-20(21)11-13-22(23)24/h10,12,16,18,22H,7-9,11,13-15,17H2,1-6H3/t22-,23-,24+/m0/s1. The molecule has 0 bridgehead atoms. The molecule has 0 heterocycles. The Bertz CT molecular complexity index is 751. The highest BCUT2D eigenvalue weighted by atomic mass is 31.2. The molecule has 1 fully saturated rings. The van der Waals surface area contributed by atoms with E-state index in [1.807, 2.05) is 13.8 Å². The molecule has 0 unspecified atom stereocenters. The van der Waals surface area contributed by atoms with Crippen molar-refractivity contribution >= 4 is 7.82 Å². The van der Waals surface area contributed by atoms with Crippen LogP contribution in [0.25, 0.3) is 0 Å². The summed E-state index contributed by atoms with van der Waals surface area (Å²) in [5.41, 5.74) is 4.57. The number of hydrogen-bond donors (Lipinski definition) is 0. The topological polar surface area (TPSA) is 44.8 Å². The van der Waals surface area contributed by atoms with Crippen LogP contribution in [-0.4, -0.2) is 19.8 Å². The van der Waals surface area contributed by atoms with Crippen LogP contribution in [0.15, 0.2) is 18.2 Å². The van der Waals surface area contributed by atoms with Gasteiger partial charge in [0, 0.05) is 0 Å². The number of rotatable bonds is 8. The summed E-state index contributed by atoms with van der Waals surface area (Å²) in [6, 6.07) is 7.13. The Hall–Kier alpha value is -0.670. The van der Waals surface area contributed by atoms with Gasteiger partial charge in [0.2, 0.25) is 0 Å². The van der Waals surface area contributed by atoms with Gasteiger partial charge in [0.05, 0.1) is 19.8 Å². The van der Waals surface area contributed by atoms with Crippen molar-refractivity contribution in [2.75, 3.05) is 19.8 Å². The molecule has 0 saturated heterocycles. The van der Waals surface area contributed by atoms with Crippen molar-refractivity contribution in [1.82, 2.24) is 0 Å². The molecule has 4 nitrogen and oxygen atoms in total. The van der Waals surface area contributed by atoms with Crippen LogP contribution >= 0.6 is 7.82 Å². The van der Waals surface area contributed by atoms with E-state index in [0.717, 1.165) is 25.7 Å². The molecule has 164 valence electrons. The van der Waals surface area contributed by atoms with Crippen LogP contribution in [0, 0.1) is 11.3 Å². The van der Waals surface area contributed by atoms with Gasteiger partial charge in [-0.15, -0.1) is 0 Å². The third-order valence-electron chi connectivity index (χ3n) is 7.29. The highest BCUT2D eigenvalue weighted by molar-refractivity contribution is 7.48. The van der Waals surface area contributed by atoms with Crippen LogP contribution in [0.2, 0.25) is 0 Å². The van der Waals surface area contributed by atoms with Crippen LogP contribution < -0.4 is 0 Å². The van der Waals surface area contributed by atoms with Gasteiger partial charge in [-0.2, -0.15) is 0 Å². The van der Waals surface area contributed by atoms with Gasteiger partial charge in [0.15, 0.2) is 0 Å². The lowest BCUT2D eigenvalue weighted by Crippen LogP contribution is -2.50. The molecule has 3 atom stereocenters. The van der Waals surface area contributed by atoms with Gasteiger partial charge in [-0.05, 0) is 78.9 Å². The van der Waals surface area contributed by atoms with Crippen LogP contribution in [0.1, 0.15) is 89.8 Å². The number of hydrogen-bond acceptors (Lipinski definition) is 4. The molecule has 0 aromatic heterocycles. The van der Waals surface area contributed by atoms with E-state index in [-0.39, 0.29) is 10.8 Å². The zero-order valence-corrected chi connectivity index (χ0v) is 20.0. The second-order valence-corrected chi connectivity index (χ2v) is 11.3. The van der Waals surface area contributed by atoms with E-state index >= 15 is 0 Å². The van der Waals surface area contributed by atoms with Gasteiger partial charge in [0.25, 0.3) is 0 Å². The molecule has 0 aliphatic heterocycles. The molecule has 5 heteroatoms. The van der Waals surface area contributed by atoms with Gasteiger partial charge in [-0.3, -0.25) is 13.6 Å². The molecule has 2 aliphatic carbocycles. The van der Waals surface area contributed by atoms with Crippen molar-refractivity contribution in [3.8, 4) is 0 Å². The summed E-state index contributed by atoms with van der Waals surface area (Å²) in [6.07, 6.45) is 5.71. The van der Waals surface area contributed by atoms with Crippen LogP contribution in [0.4, 0.5) is 0 Å². The summed E-state index contributed by atoms with van der Waals surface area (Å²) in [4.78, 5) is 0. The molecule has 0 amide bonds. The second kappa shape index (κ2) is 8.83. The number of phosphoric ester groups is 1. The number of fused-ring (bicyclic) bond motifs is 3. The molecular formula is C24H39O4P. The Morgan fingerprint density at radius 2 is 1.79 bits per heavy atom. The normalized spacial score (nSPS) is 29.6. The van der Waals surface area contributed by atoms with Gasteiger partial charge >= 0.3 is 7.82 Å². The first-order valence-electron chi connectivity index (χ1n) is 11.3. The second-order valence-electron chi connectivity index (χ2n) is 9.64. The highest BCUT2D eigenvalue weighted by Crippen LogP contribution is 2.59. The zero-order valence-electron chi connectivity index (χ0n) is 19.1. The summed E-state index contributed by atoms with van der Waals surface area (Å²) in [5.74, 6) is 1.06. The predicted octanol–water partition coefficient (Wildman–Crippen LogP) is 7.02. The van der Waals surface area contributed by atoms with Crippen molar-refractivity contribution in [2.45, 2.75) is 85.0 Å². The van der Waals surface area contributed by atoms with Crippen molar-refractivity contribution in [3.63, 3.8) is 0 Å². The lowest BCUT2D eigenvalue weighted by molar-refractivity contribution is -0.0230. The Morgan fingerprint density at radius 1 is 1.10 bits per heavy atom. The maximum atomic E-state index is 12.9. The molecular weight excluding hydrogens is 383 g/mol. The molecule has 2 aliphatic rings. The minimum Gasteiger partial charge on any atom is -0.287 e. The molecule has 29 heavy (non-hydrogen) atoms. The SMILES string of the molecule is CCOP(=O)(OCC)OC[C@]1(C)CCC[C@]2(C)c3ccc(C(C)C)cc3CC[C@@H]12. The first kappa shape index (κ1) is 23.0. The molecule has 3 rings (SSSR count). The van der Waals surface area contributed by atoms with E-state index in [4.69, 9.17) is 13.6 Å². The number of aryl methyl sites for hydroxylation is 1. The molecule has 1 aromatic carbocycles. The number of phosphoric acid groups is 1. The van der Waals surface area contributed by atoms with Gasteiger partial charge in [0.1, 0.15) is 0 Å². The van der Waals surface area contributed by atoms with Gasteiger partial charge in [-0.1, -0.05) is 52.3 Å². The highest BCUT2D eigenvalue weighted by Gasteiger charge is 2.52. The Balaban J connectivity index is 1.86. The molecule has 1 saturated carbocycles. The maximum Gasteiger partial charge on any atom is 0.474 e. The van der Waals surface area contributed by atoms with E-state index in [1.165, 1.54) is 23.1 Å².